The van der Waals surface area contributed by atoms with Crippen LogP contribution in [0.1, 0.15) is 31.2 Å². The average Bonchev–Trinajstić information content (AvgIpc) is 2.81. The summed E-state index contributed by atoms with van der Waals surface area (Å²) in [5, 5.41) is 7.38. The molecule has 18 heavy (non-hydrogen) atoms. The summed E-state index contributed by atoms with van der Waals surface area (Å²) in [4.78, 5) is 8.88. The van der Waals surface area contributed by atoms with Crippen molar-refractivity contribution in [2.45, 2.75) is 33.2 Å². The minimum Gasteiger partial charge on any atom is -0.352 e. The van der Waals surface area contributed by atoms with Crippen LogP contribution in [0.4, 0.5) is 5.95 Å². The third-order valence-corrected chi connectivity index (χ3v) is 2.65. The molecule has 0 aliphatic heterocycles. The number of aryl methyl sites for hydroxylation is 1. The third-order valence-electron chi connectivity index (χ3n) is 2.65. The predicted octanol–water partition coefficient (Wildman–Crippen LogP) is 2.22. The highest BCUT2D eigenvalue weighted by Crippen LogP contribution is 2.14. The summed E-state index contributed by atoms with van der Waals surface area (Å²) in [6.07, 6.45) is 3.72. The lowest BCUT2D eigenvalue weighted by Crippen LogP contribution is -2.13. The van der Waals surface area contributed by atoms with E-state index in [9.17, 15) is 0 Å². The lowest BCUT2D eigenvalue weighted by atomic mass is 10.1. The maximum Gasteiger partial charge on any atom is 0.223 e. The van der Waals surface area contributed by atoms with E-state index in [2.05, 4.69) is 34.2 Å². The fourth-order valence-electron chi connectivity index (χ4n) is 1.68. The van der Waals surface area contributed by atoms with Gasteiger partial charge in [-0.1, -0.05) is 13.8 Å². The minimum atomic E-state index is 0.415. The topological polar surface area (TPSA) is 55.6 Å². The predicted molar refractivity (Wildman–Crippen MR) is 71.6 cm³/mol. The zero-order chi connectivity index (χ0) is 13.0. The summed E-state index contributed by atoms with van der Waals surface area (Å²) in [7, 11) is 0. The molecule has 0 saturated carbocycles. The molecule has 2 rings (SSSR count). The molecular formula is C13H19N5. The SMILES string of the molecule is Cc1cc(C(C)C)nc(NCCn2cccn2)n1. The van der Waals surface area contributed by atoms with Gasteiger partial charge in [-0.05, 0) is 25.0 Å². The molecule has 0 fully saturated rings. The van der Waals surface area contributed by atoms with Gasteiger partial charge in [-0.15, -0.1) is 0 Å². The van der Waals surface area contributed by atoms with Crippen molar-refractivity contribution in [3.05, 3.63) is 35.9 Å². The van der Waals surface area contributed by atoms with Crippen molar-refractivity contribution in [1.29, 1.82) is 0 Å². The van der Waals surface area contributed by atoms with E-state index in [0.717, 1.165) is 24.5 Å². The Morgan fingerprint density at radius 3 is 2.83 bits per heavy atom. The highest BCUT2D eigenvalue weighted by molar-refractivity contribution is 5.28. The lowest BCUT2D eigenvalue weighted by molar-refractivity contribution is 0.635. The van der Waals surface area contributed by atoms with Crippen LogP contribution in [-0.4, -0.2) is 26.3 Å². The standard InChI is InChI=1S/C13H19N5/c1-10(2)12-9-11(3)16-13(17-12)14-6-8-18-7-4-5-15-18/h4-5,7,9-10H,6,8H2,1-3H3,(H,14,16,17). The maximum absolute atomic E-state index is 4.50. The zero-order valence-electron chi connectivity index (χ0n) is 11.1. The third kappa shape index (κ3) is 3.29. The molecule has 0 saturated heterocycles. The molecule has 0 unspecified atom stereocenters. The fourth-order valence-corrected chi connectivity index (χ4v) is 1.68. The van der Waals surface area contributed by atoms with Crippen LogP contribution < -0.4 is 5.32 Å². The quantitative estimate of drug-likeness (QED) is 0.877. The number of aromatic nitrogens is 4. The Morgan fingerprint density at radius 2 is 2.17 bits per heavy atom. The molecule has 1 N–H and O–H groups in total. The van der Waals surface area contributed by atoms with Gasteiger partial charge in [-0.3, -0.25) is 4.68 Å². The van der Waals surface area contributed by atoms with E-state index in [1.807, 2.05) is 29.9 Å². The molecule has 2 aromatic rings. The Labute approximate surface area is 107 Å². The van der Waals surface area contributed by atoms with E-state index in [0.29, 0.717) is 11.9 Å². The second-order valence-electron chi connectivity index (χ2n) is 4.61. The Kier molecular flexibility index (Phi) is 3.92. The molecule has 0 atom stereocenters. The van der Waals surface area contributed by atoms with Gasteiger partial charge in [0, 0.05) is 30.3 Å². The molecule has 2 heterocycles. The Hall–Kier alpha value is -1.91. The summed E-state index contributed by atoms with van der Waals surface area (Å²) in [6.45, 7) is 7.83. The minimum absolute atomic E-state index is 0.415. The van der Waals surface area contributed by atoms with Crippen molar-refractivity contribution in [2.75, 3.05) is 11.9 Å². The van der Waals surface area contributed by atoms with Gasteiger partial charge in [0.05, 0.1) is 6.54 Å². The van der Waals surface area contributed by atoms with Crippen molar-refractivity contribution in [2.24, 2.45) is 0 Å². The summed E-state index contributed by atoms with van der Waals surface area (Å²) < 4.78 is 1.88. The summed E-state index contributed by atoms with van der Waals surface area (Å²) in [6, 6.07) is 3.95. The molecule has 0 amide bonds. The number of nitrogens with zero attached hydrogens (tertiary/aromatic N) is 4. The van der Waals surface area contributed by atoms with Crippen LogP contribution in [0.25, 0.3) is 0 Å². The second kappa shape index (κ2) is 5.62. The number of hydrogen-bond donors (Lipinski definition) is 1. The molecular weight excluding hydrogens is 226 g/mol. The van der Waals surface area contributed by atoms with Crippen LogP contribution in [0.5, 0.6) is 0 Å². The largest absolute Gasteiger partial charge is 0.352 e. The van der Waals surface area contributed by atoms with Crippen LogP contribution in [0, 0.1) is 6.92 Å². The molecule has 0 aliphatic carbocycles. The highest BCUT2D eigenvalue weighted by atomic mass is 15.3. The van der Waals surface area contributed by atoms with Gasteiger partial charge in [-0.2, -0.15) is 5.10 Å². The van der Waals surface area contributed by atoms with E-state index in [1.165, 1.54) is 0 Å². The molecule has 0 aliphatic rings. The Bertz CT molecular complexity index is 490. The Balaban J connectivity index is 1.96. The first-order valence-corrected chi connectivity index (χ1v) is 6.22. The van der Waals surface area contributed by atoms with E-state index in [4.69, 9.17) is 0 Å². The first kappa shape index (κ1) is 12.5. The van der Waals surface area contributed by atoms with Crippen LogP contribution >= 0.6 is 0 Å². The van der Waals surface area contributed by atoms with E-state index in [1.54, 1.807) is 6.20 Å². The maximum atomic E-state index is 4.50. The van der Waals surface area contributed by atoms with Crippen molar-refractivity contribution in [3.63, 3.8) is 0 Å². The molecule has 5 heteroatoms. The number of nitrogens with one attached hydrogen (secondary N) is 1. The number of rotatable bonds is 5. The van der Waals surface area contributed by atoms with Gasteiger partial charge in [0.2, 0.25) is 5.95 Å². The van der Waals surface area contributed by atoms with E-state index < -0.39 is 0 Å². The van der Waals surface area contributed by atoms with Crippen molar-refractivity contribution in [3.8, 4) is 0 Å². The second-order valence-corrected chi connectivity index (χ2v) is 4.61. The fraction of sp³-hybridized carbons (Fsp3) is 0.462. The highest BCUT2D eigenvalue weighted by Gasteiger charge is 2.05. The molecule has 0 spiro atoms. The zero-order valence-corrected chi connectivity index (χ0v) is 11.1. The van der Waals surface area contributed by atoms with Gasteiger partial charge in [0.1, 0.15) is 0 Å². The molecule has 2 aromatic heterocycles. The summed E-state index contributed by atoms with van der Waals surface area (Å²) in [5.41, 5.74) is 2.07. The van der Waals surface area contributed by atoms with Gasteiger partial charge >= 0.3 is 0 Å². The van der Waals surface area contributed by atoms with Crippen molar-refractivity contribution in [1.82, 2.24) is 19.7 Å². The number of hydrogen-bond acceptors (Lipinski definition) is 4. The monoisotopic (exact) mass is 245 g/mol. The van der Waals surface area contributed by atoms with Crippen LogP contribution in [0.15, 0.2) is 24.5 Å². The van der Waals surface area contributed by atoms with Crippen LogP contribution in [0.3, 0.4) is 0 Å². The van der Waals surface area contributed by atoms with Gasteiger partial charge in [-0.25, -0.2) is 9.97 Å². The molecule has 0 aromatic carbocycles. The van der Waals surface area contributed by atoms with Gasteiger partial charge in [0.15, 0.2) is 0 Å². The van der Waals surface area contributed by atoms with Crippen LogP contribution in [-0.2, 0) is 6.54 Å². The van der Waals surface area contributed by atoms with Crippen LogP contribution in [0.2, 0.25) is 0 Å². The molecule has 96 valence electrons. The van der Waals surface area contributed by atoms with Gasteiger partial charge in [0.25, 0.3) is 0 Å². The molecule has 0 bridgehead atoms. The first-order chi connectivity index (χ1) is 8.65. The van der Waals surface area contributed by atoms with Crippen molar-refractivity contribution >= 4 is 5.95 Å². The summed E-state index contributed by atoms with van der Waals surface area (Å²) >= 11 is 0. The van der Waals surface area contributed by atoms with E-state index in [-0.39, 0.29) is 0 Å². The molecule has 5 nitrogen and oxygen atoms in total. The lowest BCUT2D eigenvalue weighted by Gasteiger charge is -2.10. The average molecular weight is 245 g/mol. The van der Waals surface area contributed by atoms with Crippen molar-refractivity contribution < 1.29 is 0 Å². The smallest absolute Gasteiger partial charge is 0.223 e. The normalized spacial score (nSPS) is 10.9. The Morgan fingerprint density at radius 1 is 1.33 bits per heavy atom. The summed E-state index contributed by atoms with van der Waals surface area (Å²) in [5.74, 6) is 1.12. The van der Waals surface area contributed by atoms with E-state index >= 15 is 0 Å². The molecule has 0 radical (unpaired) electrons. The first-order valence-electron chi connectivity index (χ1n) is 6.22. The van der Waals surface area contributed by atoms with Gasteiger partial charge < -0.3 is 5.32 Å². The number of anilines is 1.